The van der Waals surface area contributed by atoms with E-state index in [4.69, 9.17) is 0 Å². The lowest BCUT2D eigenvalue weighted by Crippen LogP contribution is -2.46. The molecule has 5 rings (SSSR count). The van der Waals surface area contributed by atoms with Gasteiger partial charge in [-0.3, -0.25) is 19.3 Å². The standard InChI is InChI=1S/C18H19NO3/c1-2-10-4-3-5-12(8-10)19-17(21)15-11-6-7-13(14(20)9-11)16(15)18(19)22/h3-5,8,11,13,15-16H,2,6-7,9H2,1H3. The van der Waals surface area contributed by atoms with E-state index in [-0.39, 0.29) is 35.4 Å². The number of fused-ring (bicyclic) bond motifs is 2. The molecule has 3 aliphatic carbocycles. The molecule has 1 saturated heterocycles. The molecule has 1 aliphatic heterocycles. The van der Waals surface area contributed by atoms with Crippen molar-refractivity contribution in [2.75, 3.05) is 4.90 Å². The fourth-order valence-electron chi connectivity index (χ4n) is 4.55. The quantitative estimate of drug-likeness (QED) is 0.787. The molecule has 4 unspecified atom stereocenters. The molecule has 1 aromatic rings. The zero-order chi connectivity index (χ0) is 15.4. The second-order valence-corrected chi connectivity index (χ2v) is 6.70. The van der Waals surface area contributed by atoms with Gasteiger partial charge in [-0.1, -0.05) is 19.1 Å². The number of imide groups is 1. The lowest BCUT2D eigenvalue weighted by atomic mass is 9.59. The number of Topliss-reactive ketones (excluding diaryl/α,β-unsaturated/α-hetero) is 1. The first-order chi connectivity index (χ1) is 10.6. The molecule has 0 N–H and O–H groups in total. The van der Waals surface area contributed by atoms with Gasteiger partial charge in [0.15, 0.2) is 0 Å². The maximum absolute atomic E-state index is 12.8. The average Bonchev–Trinajstić information content (AvgIpc) is 2.81. The highest BCUT2D eigenvalue weighted by Gasteiger charge is 2.60. The van der Waals surface area contributed by atoms with Gasteiger partial charge in [0.25, 0.3) is 0 Å². The molecule has 4 heteroatoms. The minimum Gasteiger partial charge on any atom is -0.299 e. The van der Waals surface area contributed by atoms with Crippen molar-refractivity contribution >= 4 is 23.3 Å². The zero-order valence-electron chi connectivity index (χ0n) is 12.6. The molecule has 3 saturated carbocycles. The van der Waals surface area contributed by atoms with Crippen LogP contribution < -0.4 is 4.90 Å². The predicted octanol–water partition coefficient (Wildman–Crippen LogP) is 2.35. The zero-order valence-corrected chi connectivity index (χ0v) is 12.6. The van der Waals surface area contributed by atoms with Gasteiger partial charge in [-0.25, -0.2) is 0 Å². The number of amides is 2. The largest absolute Gasteiger partial charge is 0.299 e. The molecule has 22 heavy (non-hydrogen) atoms. The summed E-state index contributed by atoms with van der Waals surface area (Å²) >= 11 is 0. The highest BCUT2D eigenvalue weighted by Crippen LogP contribution is 2.52. The Morgan fingerprint density at radius 3 is 2.59 bits per heavy atom. The fourth-order valence-corrected chi connectivity index (χ4v) is 4.55. The van der Waals surface area contributed by atoms with Crippen molar-refractivity contribution in [3.05, 3.63) is 29.8 Å². The lowest BCUT2D eigenvalue weighted by molar-refractivity contribution is -0.143. The molecule has 0 aromatic heterocycles. The van der Waals surface area contributed by atoms with Crippen LogP contribution in [-0.2, 0) is 20.8 Å². The van der Waals surface area contributed by atoms with E-state index in [1.807, 2.05) is 31.2 Å². The molecular formula is C18H19NO3. The van der Waals surface area contributed by atoms with Crippen LogP contribution >= 0.6 is 0 Å². The van der Waals surface area contributed by atoms with Crippen molar-refractivity contribution in [1.29, 1.82) is 0 Å². The summed E-state index contributed by atoms with van der Waals surface area (Å²) in [5, 5.41) is 0. The minimum absolute atomic E-state index is 0.0679. The summed E-state index contributed by atoms with van der Waals surface area (Å²) in [4.78, 5) is 39.1. The van der Waals surface area contributed by atoms with E-state index >= 15 is 0 Å². The van der Waals surface area contributed by atoms with Gasteiger partial charge in [0.2, 0.25) is 11.8 Å². The number of carbonyl (C=O) groups is 3. The molecule has 0 spiro atoms. The second-order valence-electron chi connectivity index (χ2n) is 6.70. The van der Waals surface area contributed by atoms with Crippen molar-refractivity contribution in [2.24, 2.45) is 23.7 Å². The Kier molecular flexibility index (Phi) is 2.96. The molecule has 4 fully saturated rings. The molecule has 4 nitrogen and oxygen atoms in total. The highest BCUT2D eigenvalue weighted by atomic mass is 16.2. The number of hydrogen-bond donors (Lipinski definition) is 0. The highest BCUT2D eigenvalue weighted by molar-refractivity contribution is 6.23. The summed E-state index contributed by atoms with van der Waals surface area (Å²) in [6.07, 6.45) is 3.01. The van der Waals surface area contributed by atoms with Gasteiger partial charge in [0.05, 0.1) is 17.5 Å². The van der Waals surface area contributed by atoms with Crippen molar-refractivity contribution in [3.8, 4) is 0 Å². The van der Waals surface area contributed by atoms with Gasteiger partial charge in [-0.15, -0.1) is 0 Å². The Balaban J connectivity index is 1.75. The van der Waals surface area contributed by atoms with Gasteiger partial charge < -0.3 is 0 Å². The first kappa shape index (κ1) is 13.7. The SMILES string of the molecule is CCc1cccc(N2C(=O)C3C4CCC(C(=O)C4)C3C2=O)c1. The fraction of sp³-hybridized carbons (Fsp3) is 0.500. The number of carbonyl (C=O) groups excluding carboxylic acids is 3. The maximum atomic E-state index is 12.8. The third-order valence-corrected chi connectivity index (χ3v) is 5.64. The topological polar surface area (TPSA) is 54.5 Å². The monoisotopic (exact) mass is 297 g/mol. The first-order valence-corrected chi connectivity index (χ1v) is 8.11. The van der Waals surface area contributed by atoms with Gasteiger partial charge in [0, 0.05) is 12.3 Å². The Morgan fingerprint density at radius 2 is 1.86 bits per heavy atom. The van der Waals surface area contributed by atoms with Crippen molar-refractivity contribution in [2.45, 2.75) is 32.6 Å². The number of rotatable bonds is 2. The van der Waals surface area contributed by atoms with Crippen LogP contribution in [0.3, 0.4) is 0 Å². The lowest BCUT2D eigenvalue weighted by Gasteiger charge is -2.41. The van der Waals surface area contributed by atoms with Crippen LogP contribution in [0.25, 0.3) is 0 Å². The van der Waals surface area contributed by atoms with Gasteiger partial charge in [0.1, 0.15) is 5.78 Å². The van der Waals surface area contributed by atoms with Gasteiger partial charge in [-0.05, 0) is 42.9 Å². The summed E-state index contributed by atoms with van der Waals surface area (Å²) in [6.45, 7) is 2.05. The Bertz CT molecular complexity index is 681. The summed E-state index contributed by atoms with van der Waals surface area (Å²) in [5.74, 6) is -0.907. The van der Waals surface area contributed by atoms with Crippen LogP contribution in [0, 0.1) is 23.7 Å². The number of nitrogens with zero attached hydrogens (tertiary/aromatic N) is 1. The van der Waals surface area contributed by atoms with E-state index in [0.29, 0.717) is 12.1 Å². The third kappa shape index (κ3) is 1.73. The number of benzene rings is 1. The molecular weight excluding hydrogens is 278 g/mol. The molecule has 4 aliphatic rings. The first-order valence-electron chi connectivity index (χ1n) is 8.11. The summed E-state index contributed by atoms with van der Waals surface area (Å²) in [5.41, 5.74) is 1.77. The smallest absolute Gasteiger partial charge is 0.238 e. The number of hydrogen-bond acceptors (Lipinski definition) is 3. The van der Waals surface area contributed by atoms with Gasteiger partial charge >= 0.3 is 0 Å². The van der Waals surface area contributed by atoms with E-state index < -0.39 is 5.92 Å². The van der Waals surface area contributed by atoms with Crippen molar-refractivity contribution in [3.63, 3.8) is 0 Å². The van der Waals surface area contributed by atoms with E-state index in [9.17, 15) is 14.4 Å². The number of anilines is 1. The molecule has 114 valence electrons. The number of aryl methyl sites for hydroxylation is 1. The molecule has 1 aromatic carbocycles. The van der Waals surface area contributed by atoms with Crippen LogP contribution in [-0.4, -0.2) is 17.6 Å². The Hall–Kier alpha value is -1.97. The molecule has 1 heterocycles. The Morgan fingerprint density at radius 1 is 1.09 bits per heavy atom. The van der Waals surface area contributed by atoms with E-state index in [1.165, 1.54) is 4.90 Å². The van der Waals surface area contributed by atoms with Crippen LogP contribution in [0.5, 0.6) is 0 Å². The van der Waals surface area contributed by atoms with Crippen LogP contribution in [0.4, 0.5) is 5.69 Å². The third-order valence-electron chi connectivity index (χ3n) is 5.64. The normalized spacial score (nSPS) is 33.5. The maximum Gasteiger partial charge on any atom is 0.238 e. The molecule has 2 amide bonds. The summed E-state index contributed by atoms with van der Waals surface area (Å²) < 4.78 is 0. The molecule has 0 radical (unpaired) electrons. The molecule has 4 atom stereocenters. The minimum atomic E-state index is -0.405. The van der Waals surface area contributed by atoms with Gasteiger partial charge in [-0.2, -0.15) is 0 Å². The Labute approximate surface area is 129 Å². The number of ketones is 1. The van der Waals surface area contributed by atoms with Crippen molar-refractivity contribution in [1.82, 2.24) is 0 Å². The van der Waals surface area contributed by atoms with Crippen LogP contribution in [0.15, 0.2) is 24.3 Å². The van der Waals surface area contributed by atoms with Crippen LogP contribution in [0.1, 0.15) is 31.7 Å². The van der Waals surface area contributed by atoms with E-state index in [0.717, 1.165) is 24.8 Å². The predicted molar refractivity (Wildman–Crippen MR) is 81.1 cm³/mol. The van der Waals surface area contributed by atoms with E-state index in [1.54, 1.807) is 0 Å². The molecule has 2 bridgehead atoms. The van der Waals surface area contributed by atoms with Crippen molar-refractivity contribution < 1.29 is 14.4 Å². The van der Waals surface area contributed by atoms with E-state index in [2.05, 4.69) is 0 Å². The van der Waals surface area contributed by atoms with Crippen LogP contribution in [0.2, 0.25) is 0 Å². The average molecular weight is 297 g/mol. The summed E-state index contributed by atoms with van der Waals surface area (Å²) in [7, 11) is 0. The second kappa shape index (κ2) is 4.77. The summed E-state index contributed by atoms with van der Waals surface area (Å²) in [6, 6.07) is 7.61.